The van der Waals surface area contributed by atoms with Crippen LogP contribution in [0.5, 0.6) is 0 Å². The number of benzene rings is 5. The van der Waals surface area contributed by atoms with Gasteiger partial charge in [0.15, 0.2) is 0 Å². The molecule has 0 aliphatic rings. The first-order valence-corrected chi connectivity index (χ1v) is 17.7. The molecule has 9 nitrogen and oxygen atoms in total. The third kappa shape index (κ3) is 8.77. The van der Waals surface area contributed by atoms with Crippen molar-refractivity contribution in [2.75, 3.05) is 26.4 Å². The minimum absolute atomic E-state index is 0.320. The van der Waals surface area contributed by atoms with Crippen LogP contribution in [0.2, 0.25) is 0 Å². The molecule has 0 aliphatic heterocycles. The summed E-state index contributed by atoms with van der Waals surface area (Å²) >= 11 is 0. The monoisotopic (exact) mass is 673 g/mol. The summed E-state index contributed by atoms with van der Waals surface area (Å²) in [5.41, 5.74) is -0.640. The molecule has 5 rings (SSSR count). The van der Waals surface area contributed by atoms with E-state index in [1.165, 1.54) is 21.2 Å². The summed E-state index contributed by atoms with van der Waals surface area (Å²) in [5.74, 6) is -1.98. The first-order chi connectivity index (χ1) is 22.7. The Morgan fingerprint density at radius 2 is 0.830 bits per heavy atom. The molecule has 242 valence electrons. The first-order valence-electron chi connectivity index (χ1n) is 14.5. The van der Waals surface area contributed by atoms with Gasteiger partial charge in [0.25, 0.3) is 10.1 Å². The van der Waals surface area contributed by atoms with Crippen molar-refractivity contribution in [2.45, 2.75) is 4.90 Å². The Morgan fingerprint density at radius 1 is 0.532 bits per heavy atom. The fourth-order valence-corrected chi connectivity index (χ4v) is 9.75. The van der Waals surface area contributed by atoms with Crippen LogP contribution in [0, 0.1) is 0 Å². The zero-order chi connectivity index (χ0) is 33.7. The Kier molecular flexibility index (Phi) is 12.5. The fraction of sp³-hybridized carbons (Fsp3) is 0.111. The van der Waals surface area contributed by atoms with Gasteiger partial charge in [0.1, 0.15) is 41.7 Å². The molecule has 5 aromatic rings. The van der Waals surface area contributed by atoms with Crippen LogP contribution in [-0.4, -0.2) is 61.5 Å². The van der Waals surface area contributed by atoms with E-state index in [2.05, 4.69) is 131 Å². The average molecular weight is 674 g/mol. The van der Waals surface area contributed by atoms with Crippen LogP contribution in [0.4, 0.5) is 0 Å². The normalized spacial score (nSPS) is 11.1. The van der Waals surface area contributed by atoms with E-state index in [4.69, 9.17) is 14.8 Å². The third-order valence-corrected chi connectivity index (χ3v) is 12.0. The number of hydrogen-bond acceptors (Lipinski definition) is 8. The second kappa shape index (κ2) is 16.7. The van der Waals surface area contributed by atoms with Gasteiger partial charge in [0, 0.05) is 0 Å². The van der Waals surface area contributed by atoms with Gasteiger partial charge in [-0.05, 0) is 66.7 Å². The number of carbonyl (C=O) groups excluding carboxylic acids is 2. The molecular weight excluding hydrogens is 639 g/mol. The van der Waals surface area contributed by atoms with E-state index in [0.717, 1.165) is 18.2 Å². The summed E-state index contributed by atoms with van der Waals surface area (Å²) in [6, 6.07) is 46.5. The van der Waals surface area contributed by atoms with Crippen LogP contribution in [0.1, 0.15) is 20.7 Å². The van der Waals surface area contributed by atoms with E-state index in [9.17, 15) is 18.0 Å². The lowest BCUT2D eigenvalue weighted by Gasteiger charge is -2.27. The van der Waals surface area contributed by atoms with Gasteiger partial charge >= 0.3 is 11.9 Å². The molecule has 5 aromatic carbocycles. The van der Waals surface area contributed by atoms with Crippen LogP contribution in [-0.2, 0) is 19.6 Å². The van der Waals surface area contributed by atoms with Crippen molar-refractivity contribution >= 4 is 50.5 Å². The van der Waals surface area contributed by atoms with Gasteiger partial charge in [-0.3, -0.25) is 4.55 Å². The molecule has 0 fully saturated rings. The zero-order valence-electron chi connectivity index (χ0n) is 25.3. The highest BCUT2D eigenvalue weighted by Crippen LogP contribution is 2.54. The molecule has 0 aromatic heterocycles. The number of aliphatic hydroxyl groups excluding tert-OH is 2. The van der Waals surface area contributed by atoms with E-state index in [1.807, 2.05) is 0 Å². The molecule has 0 amide bonds. The Morgan fingerprint density at radius 3 is 1.09 bits per heavy atom. The highest BCUT2D eigenvalue weighted by molar-refractivity contribution is 8.01. The molecule has 0 bridgehead atoms. The smallest absolute Gasteiger partial charge is 0.338 e. The number of esters is 2. The zero-order valence-corrected chi connectivity index (χ0v) is 27.0. The van der Waals surface area contributed by atoms with E-state index in [0.29, 0.717) is 0 Å². The molecule has 0 saturated heterocycles. The minimum Gasteiger partial charge on any atom is -0.460 e. The number of hydrogen-bond donors (Lipinski definition) is 3. The lowest BCUT2D eigenvalue weighted by atomic mass is 10.1. The van der Waals surface area contributed by atoms with E-state index in [1.54, 1.807) is 0 Å². The summed E-state index contributed by atoms with van der Waals surface area (Å²) < 4.78 is 40.6. The van der Waals surface area contributed by atoms with Crippen molar-refractivity contribution in [2.24, 2.45) is 0 Å². The molecule has 0 heterocycles. The van der Waals surface area contributed by atoms with Crippen LogP contribution in [0.25, 0.3) is 0 Å². The van der Waals surface area contributed by atoms with Crippen LogP contribution >= 0.6 is 7.26 Å². The van der Waals surface area contributed by atoms with Gasteiger partial charge in [0.2, 0.25) is 0 Å². The maximum atomic E-state index is 11.7. The fourth-order valence-electron chi connectivity index (χ4n) is 4.93. The SMILES string of the molecule is O=C(OCCO)c1cc(C(=O)OCCO)cc(S(=O)(=O)O)c1.c1ccc([P+](c2ccccc2)(c2ccccc2)c2ccccc2)cc1. The van der Waals surface area contributed by atoms with Gasteiger partial charge in [-0.1, -0.05) is 72.8 Å². The molecule has 11 heteroatoms. The van der Waals surface area contributed by atoms with Gasteiger partial charge < -0.3 is 19.7 Å². The number of carbonyl (C=O) groups is 2. The summed E-state index contributed by atoms with van der Waals surface area (Å²) in [7, 11) is -6.58. The first kappa shape index (κ1) is 35.2. The summed E-state index contributed by atoms with van der Waals surface area (Å²) in [6.07, 6.45) is 0. The van der Waals surface area contributed by atoms with E-state index >= 15 is 0 Å². The summed E-state index contributed by atoms with van der Waals surface area (Å²) in [6.45, 7) is -1.51. The molecule has 0 radical (unpaired) electrons. The number of rotatable bonds is 11. The highest BCUT2D eigenvalue weighted by atomic mass is 32.2. The second-order valence-electron chi connectivity index (χ2n) is 9.95. The predicted octanol–water partition coefficient (Wildman–Crippen LogP) is 3.54. The summed E-state index contributed by atoms with van der Waals surface area (Å²) in [4.78, 5) is 22.6. The third-order valence-electron chi connectivity index (χ3n) is 6.90. The van der Waals surface area contributed by atoms with Crippen molar-refractivity contribution in [3.63, 3.8) is 0 Å². The van der Waals surface area contributed by atoms with Crippen LogP contribution in [0.15, 0.2) is 144 Å². The molecule has 3 N–H and O–H groups in total. The molecule has 47 heavy (non-hydrogen) atoms. The maximum absolute atomic E-state index is 11.7. The second-order valence-corrected chi connectivity index (χ2v) is 14.8. The van der Waals surface area contributed by atoms with Crippen molar-refractivity contribution in [1.29, 1.82) is 0 Å². The van der Waals surface area contributed by atoms with E-state index in [-0.39, 0.29) is 24.3 Å². The summed E-state index contributed by atoms with van der Waals surface area (Å²) in [5, 5.41) is 22.7. The van der Waals surface area contributed by atoms with E-state index < -0.39 is 47.4 Å². The standard InChI is InChI=1S/C24H20P.C12H14O9S/c1-5-13-21(14-6-1)25(22-15-7-2-8-16-22,23-17-9-3-10-18-23)24-19-11-4-12-20-24;13-1-3-20-11(15)8-5-9(12(16)21-4-2-14)7-10(6-8)22(17,18)19/h1-20H;5-7,13-14H,1-4H2,(H,17,18,19)/q+1;. The lowest BCUT2D eigenvalue weighted by Crippen LogP contribution is -2.38. The molecule has 0 saturated carbocycles. The Balaban J connectivity index is 0.000000215. The maximum Gasteiger partial charge on any atom is 0.338 e. The predicted molar refractivity (Wildman–Crippen MR) is 182 cm³/mol. The van der Waals surface area contributed by atoms with Gasteiger partial charge in [-0.25, -0.2) is 9.59 Å². The quantitative estimate of drug-likeness (QED) is 0.109. The Bertz CT molecular complexity index is 1650. The topological polar surface area (TPSA) is 147 Å². The Labute approximate surface area is 274 Å². The molecular formula is C36H34O9PS+. The number of ether oxygens (including phenoxy) is 2. The molecule has 0 unspecified atom stereocenters. The van der Waals surface area contributed by atoms with Gasteiger partial charge in [0.05, 0.1) is 29.2 Å². The molecule has 0 aliphatic carbocycles. The van der Waals surface area contributed by atoms with Crippen LogP contribution < -0.4 is 21.2 Å². The van der Waals surface area contributed by atoms with Gasteiger partial charge in [-0.15, -0.1) is 0 Å². The van der Waals surface area contributed by atoms with Crippen LogP contribution in [0.3, 0.4) is 0 Å². The largest absolute Gasteiger partial charge is 0.460 e. The molecule has 0 atom stereocenters. The minimum atomic E-state index is -4.67. The van der Waals surface area contributed by atoms with Crippen molar-refractivity contribution in [3.8, 4) is 0 Å². The van der Waals surface area contributed by atoms with Crippen molar-refractivity contribution < 1.29 is 42.2 Å². The highest BCUT2D eigenvalue weighted by Gasteiger charge is 2.47. The van der Waals surface area contributed by atoms with Crippen molar-refractivity contribution in [3.05, 3.63) is 151 Å². The average Bonchev–Trinajstić information content (AvgIpc) is 3.11. The van der Waals surface area contributed by atoms with Gasteiger partial charge in [-0.2, -0.15) is 8.42 Å². The lowest BCUT2D eigenvalue weighted by molar-refractivity contribution is 0.0429. The number of aliphatic hydroxyl groups is 2. The molecule has 0 spiro atoms. The Hall–Kier alpha value is -4.70. The van der Waals surface area contributed by atoms with Crippen molar-refractivity contribution in [1.82, 2.24) is 0 Å².